The molecule has 0 radical (unpaired) electrons. The van der Waals surface area contributed by atoms with Crippen LogP contribution in [-0.2, 0) is 12.8 Å². The van der Waals surface area contributed by atoms with Crippen LogP contribution in [0.3, 0.4) is 0 Å². The molecular weight excluding hydrogens is 238 g/mol. The Morgan fingerprint density at radius 3 is 2.81 bits per heavy atom. The Kier molecular flexibility index (Phi) is 3.46. The van der Waals surface area contributed by atoms with E-state index in [-0.39, 0.29) is 0 Å². The number of nitrogens with one attached hydrogen (secondary N) is 1. The van der Waals surface area contributed by atoms with Gasteiger partial charge < -0.3 is 0 Å². The minimum Gasteiger partial charge on any atom is -0.298 e. The summed E-state index contributed by atoms with van der Waals surface area (Å²) >= 11 is 6.75. The summed E-state index contributed by atoms with van der Waals surface area (Å²) in [4.78, 5) is 0. The Balaban J connectivity index is 2.11. The van der Waals surface area contributed by atoms with Gasteiger partial charge in [0.2, 0.25) is 0 Å². The molecule has 0 saturated carbocycles. The molecule has 0 atom stereocenters. The first-order chi connectivity index (χ1) is 7.68. The van der Waals surface area contributed by atoms with E-state index < -0.39 is 0 Å². The van der Waals surface area contributed by atoms with Gasteiger partial charge in [-0.2, -0.15) is 0 Å². The van der Waals surface area contributed by atoms with Crippen molar-refractivity contribution in [1.29, 1.82) is 0 Å². The molecule has 84 valence electrons. The normalized spacial score (nSPS) is 10.6. The van der Waals surface area contributed by atoms with Gasteiger partial charge in [-0.3, -0.25) is 9.67 Å². The summed E-state index contributed by atoms with van der Waals surface area (Å²) in [6.07, 6.45) is 0. The van der Waals surface area contributed by atoms with E-state index in [2.05, 4.69) is 41.4 Å². The average Bonchev–Trinajstić information content (AvgIpc) is 2.59. The summed E-state index contributed by atoms with van der Waals surface area (Å²) in [5, 5.41) is 7.88. The summed E-state index contributed by atoms with van der Waals surface area (Å²) < 4.78 is 2.55. The number of rotatable bonds is 3. The van der Waals surface area contributed by atoms with Crippen molar-refractivity contribution in [2.75, 3.05) is 0 Å². The van der Waals surface area contributed by atoms with Crippen molar-refractivity contribution in [3.05, 3.63) is 40.2 Å². The number of hydrogen-bond acceptors (Lipinski definition) is 3. The highest BCUT2D eigenvalue weighted by atomic mass is 32.2. The van der Waals surface area contributed by atoms with E-state index in [0.29, 0.717) is 4.77 Å². The minimum atomic E-state index is 0.660. The lowest BCUT2D eigenvalue weighted by atomic mass is 10.1. The zero-order valence-corrected chi connectivity index (χ0v) is 10.9. The molecule has 3 nitrogen and oxygen atoms in total. The number of H-pyrrole nitrogens is 1. The van der Waals surface area contributed by atoms with Gasteiger partial charge in [0.15, 0.2) is 9.93 Å². The predicted octanol–water partition coefficient (Wildman–Crippen LogP) is 3.08. The quantitative estimate of drug-likeness (QED) is 0.672. The van der Waals surface area contributed by atoms with E-state index in [0.717, 1.165) is 10.9 Å². The van der Waals surface area contributed by atoms with Gasteiger partial charge in [-0.25, -0.2) is 0 Å². The largest absolute Gasteiger partial charge is 0.298 e. The zero-order chi connectivity index (χ0) is 11.5. The van der Waals surface area contributed by atoms with E-state index >= 15 is 0 Å². The number of aryl methyl sites for hydroxylation is 1. The molecule has 0 bridgehead atoms. The Morgan fingerprint density at radius 1 is 1.44 bits per heavy atom. The van der Waals surface area contributed by atoms with Gasteiger partial charge in [0.05, 0.1) is 0 Å². The number of thioether (sulfide) groups is 1. The molecular formula is C11H13N3S2. The fourth-order valence-electron chi connectivity index (χ4n) is 1.38. The van der Waals surface area contributed by atoms with Crippen molar-refractivity contribution in [2.24, 2.45) is 7.05 Å². The monoisotopic (exact) mass is 251 g/mol. The Morgan fingerprint density at radius 2 is 2.19 bits per heavy atom. The SMILES string of the molecule is Cc1ccccc1CSc1n[nH]c(=S)n1C. The van der Waals surface area contributed by atoms with Crippen molar-refractivity contribution in [2.45, 2.75) is 17.8 Å². The first kappa shape index (κ1) is 11.4. The Labute approximate surface area is 104 Å². The van der Waals surface area contributed by atoms with E-state index in [1.165, 1.54) is 11.1 Å². The molecule has 0 aliphatic heterocycles. The molecule has 1 aromatic carbocycles. The summed E-state index contributed by atoms with van der Waals surface area (Å²) in [5.74, 6) is 0.917. The average molecular weight is 251 g/mol. The van der Waals surface area contributed by atoms with Crippen LogP contribution in [0.2, 0.25) is 0 Å². The van der Waals surface area contributed by atoms with Crippen LogP contribution in [0.15, 0.2) is 29.4 Å². The summed E-state index contributed by atoms with van der Waals surface area (Å²) in [6, 6.07) is 8.38. The fraction of sp³-hybridized carbons (Fsp3) is 0.273. The molecule has 0 spiro atoms. The third-order valence-electron chi connectivity index (χ3n) is 2.46. The number of nitrogens with zero attached hydrogens (tertiary/aromatic N) is 2. The van der Waals surface area contributed by atoms with Gasteiger partial charge in [-0.05, 0) is 30.3 Å². The third kappa shape index (κ3) is 2.36. The maximum atomic E-state index is 5.06. The van der Waals surface area contributed by atoms with Gasteiger partial charge in [-0.15, -0.1) is 5.10 Å². The maximum Gasteiger partial charge on any atom is 0.195 e. The van der Waals surface area contributed by atoms with E-state index in [9.17, 15) is 0 Å². The zero-order valence-electron chi connectivity index (χ0n) is 9.23. The molecule has 0 aliphatic carbocycles. The molecule has 0 amide bonds. The van der Waals surface area contributed by atoms with Crippen LogP contribution >= 0.6 is 24.0 Å². The van der Waals surface area contributed by atoms with E-state index in [1.54, 1.807) is 11.8 Å². The molecule has 1 N–H and O–H groups in total. The first-order valence-electron chi connectivity index (χ1n) is 4.97. The van der Waals surface area contributed by atoms with Gasteiger partial charge in [0.1, 0.15) is 0 Å². The standard InChI is InChI=1S/C11H13N3S2/c1-8-5-3-4-6-9(8)7-16-11-13-12-10(15)14(11)2/h3-6H,7H2,1-2H3,(H,12,15). The molecule has 0 aliphatic rings. The highest BCUT2D eigenvalue weighted by Gasteiger charge is 2.04. The summed E-state index contributed by atoms with van der Waals surface area (Å²) in [7, 11) is 1.92. The predicted molar refractivity (Wildman–Crippen MR) is 69.1 cm³/mol. The van der Waals surface area contributed by atoms with E-state index in [4.69, 9.17) is 12.2 Å². The molecule has 5 heteroatoms. The van der Waals surface area contributed by atoms with Gasteiger partial charge in [0.25, 0.3) is 0 Å². The van der Waals surface area contributed by atoms with Crippen molar-refractivity contribution >= 4 is 24.0 Å². The lowest BCUT2D eigenvalue weighted by Crippen LogP contribution is -1.92. The molecule has 2 aromatic rings. The second kappa shape index (κ2) is 4.84. The molecule has 2 rings (SSSR count). The maximum absolute atomic E-state index is 5.06. The van der Waals surface area contributed by atoms with Crippen molar-refractivity contribution < 1.29 is 0 Å². The van der Waals surface area contributed by atoms with E-state index in [1.807, 2.05) is 11.6 Å². The van der Waals surface area contributed by atoms with Crippen LogP contribution < -0.4 is 0 Å². The smallest absolute Gasteiger partial charge is 0.195 e. The molecule has 16 heavy (non-hydrogen) atoms. The Bertz CT molecular complexity index is 542. The molecule has 1 heterocycles. The lowest BCUT2D eigenvalue weighted by Gasteiger charge is -2.04. The highest BCUT2D eigenvalue weighted by molar-refractivity contribution is 7.98. The fourth-order valence-corrected chi connectivity index (χ4v) is 2.57. The Hall–Kier alpha value is -1.07. The summed E-state index contributed by atoms with van der Waals surface area (Å²) in [6.45, 7) is 2.12. The van der Waals surface area contributed by atoms with Crippen LogP contribution in [0.1, 0.15) is 11.1 Å². The second-order valence-corrected chi connectivity index (χ2v) is 4.91. The molecule has 0 unspecified atom stereocenters. The lowest BCUT2D eigenvalue weighted by molar-refractivity contribution is 0.780. The molecule has 1 aromatic heterocycles. The second-order valence-electron chi connectivity index (χ2n) is 3.59. The minimum absolute atomic E-state index is 0.660. The van der Waals surface area contributed by atoms with Crippen molar-refractivity contribution in [3.63, 3.8) is 0 Å². The van der Waals surface area contributed by atoms with Gasteiger partial charge >= 0.3 is 0 Å². The number of aromatic nitrogens is 3. The summed E-state index contributed by atoms with van der Waals surface area (Å²) in [5.41, 5.74) is 2.65. The highest BCUT2D eigenvalue weighted by Crippen LogP contribution is 2.21. The van der Waals surface area contributed by atoms with Crippen LogP contribution in [0, 0.1) is 11.7 Å². The van der Waals surface area contributed by atoms with Crippen LogP contribution in [0.5, 0.6) is 0 Å². The van der Waals surface area contributed by atoms with Crippen molar-refractivity contribution in [3.8, 4) is 0 Å². The topological polar surface area (TPSA) is 33.6 Å². The van der Waals surface area contributed by atoms with Crippen LogP contribution in [0.4, 0.5) is 0 Å². The van der Waals surface area contributed by atoms with Crippen molar-refractivity contribution in [1.82, 2.24) is 14.8 Å². The first-order valence-corrected chi connectivity index (χ1v) is 6.36. The van der Waals surface area contributed by atoms with Crippen LogP contribution in [0.25, 0.3) is 0 Å². The van der Waals surface area contributed by atoms with Gasteiger partial charge in [0, 0.05) is 12.8 Å². The van der Waals surface area contributed by atoms with Gasteiger partial charge in [-0.1, -0.05) is 36.0 Å². The number of benzene rings is 1. The molecule has 0 saturated heterocycles. The third-order valence-corrected chi connectivity index (χ3v) is 3.90. The number of aromatic amines is 1. The number of hydrogen-bond donors (Lipinski definition) is 1. The molecule has 0 fully saturated rings. The van der Waals surface area contributed by atoms with Crippen LogP contribution in [-0.4, -0.2) is 14.8 Å².